The maximum Gasteiger partial charge on any atom is 0.252 e. The zero-order chi connectivity index (χ0) is 20.2. The van der Waals surface area contributed by atoms with Crippen LogP contribution in [0.25, 0.3) is 11.0 Å². The first-order chi connectivity index (χ1) is 14.1. The molecule has 0 amide bonds. The molecular formula is C23H27N5O. The Labute approximate surface area is 170 Å². The van der Waals surface area contributed by atoms with Gasteiger partial charge in [0.2, 0.25) is 5.95 Å². The maximum atomic E-state index is 12.4. The van der Waals surface area contributed by atoms with Crippen molar-refractivity contribution in [1.82, 2.24) is 14.5 Å². The predicted molar refractivity (Wildman–Crippen MR) is 119 cm³/mol. The highest BCUT2D eigenvalue weighted by molar-refractivity contribution is 5.75. The minimum Gasteiger partial charge on any atom is -0.372 e. The minimum atomic E-state index is -0.0643. The molecule has 1 fully saturated rings. The number of benzene rings is 1. The Balaban J connectivity index is 1.58. The van der Waals surface area contributed by atoms with Gasteiger partial charge in [-0.25, -0.2) is 4.98 Å². The normalized spacial score (nSPS) is 14.1. The Morgan fingerprint density at radius 3 is 2.55 bits per heavy atom. The summed E-state index contributed by atoms with van der Waals surface area (Å²) in [6.45, 7) is 6.80. The molecule has 1 aliphatic rings. The van der Waals surface area contributed by atoms with Crippen molar-refractivity contribution in [2.45, 2.75) is 39.7 Å². The van der Waals surface area contributed by atoms with Crippen LogP contribution in [0.1, 0.15) is 33.1 Å². The van der Waals surface area contributed by atoms with Gasteiger partial charge in [-0.3, -0.25) is 9.36 Å². The molecule has 0 aliphatic carbocycles. The molecule has 3 aromatic rings. The third kappa shape index (κ3) is 4.47. The lowest BCUT2D eigenvalue weighted by atomic mass is 10.1. The molecule has 1 aliphatic heterocycles. The lowest BCUT2D eigenvalue weighted by Crippen LogP contribution is -2.29. The van der Waals surface area contributed by atoms with Crippen molar-refractivity contribution < 1.29 is 0 Å². The standard InChI is InChI=1S/C23H27N5O/c1-17(2)12-15-28-21(29)11-6-18-16-24-23(26-22(18)28)25-19-7-9-20(10-8-19)27-13-4-3-5-14-27/h6-12,16H,3-5,13-15H2,1-2H3,(H,24,25,26). The quantitative estimate of drug-likeness (QED) is 0.652. The highest BCUT2D eigenvalue weighted by Crippen LogP contribution is 2.23. The van der Waals surface area contributed by atoms with Crippen molar-refractivity contribution >= 4 is 28.4 Å². The van der Waals surface area contributed by atoms with Crippen molar-refractivity contribution in [3.8, 4) is 0 Å². The number of aromatic nitrogens is 3. The van der Waals surface area contributed by atoms with E-state index in [2.05, 4.69) is 44.5 Å². The molecule has 1 N–H and O–H groups in total. The molecule has 0 unspecified atom stereocenters. The first kappa shape index (κ1) is 19.2. The van der Waals surface area contributed by atoms with E-state index in [9.17, 15) is 4.79 Å². The number of pyridine rings is 1. The van der Waals surface area contributed by atoms with E-state index in [1.54, 1.807) is 22.9 Å². The molecule has 1 saturated heterocycles. The zero-order valence-corrected chi connectivity index (χ0v) is 17.1. The second kappa shape index (κ2) is 8.47. The topological polar surface area (TPSA) is 63.1 Å². The number of anilines is 3. The van der Waals surface area contributed by atoms with E-state index < -0.39 is 0 Å². The third-order valence-corrected chi connectivity index (χ3v) is 5.25. The molecule has 1 aromatic carbocycles. The van der Waals surface area contributed by atoms with E-state index in [4.69, 9.17) is 0 Å². The number of hydrogen-bond donors (Lipinski definition) is 1. The highest BCUT2D eigenvalue weighted by Gasteiger charge is 2.11. The summed E-state index contributed by atoms with van der Waals surface area (Å²) in [5.41, 5.74) is 3.92. The van der Waals surface area contributed by atoms with Crippen LogP contribution < -0.4 is 15.8 Å². The summed E-state index contributed by atoms with van der Waals surface area (Å²) in [6, 6.07) is 11.7. The van der Waals surface area contributed by atoms with Gasteiger partial charge in [-0.1, -0.05) is 11.6 Å². The van der Waals surface area contributed by atoms with Gasteiger partial charge in [-0.05, 0) is 63.4 Å². The number of allylic oxidation sites excluding steroid dienone is 2. The molecule has 29 heavy (non-hydrogen) atoms. The summed E-state index contributed by atoms with van der Waals surface area (Å²) in [5, 5.41) is 4.11. The fraction of sp³-hybridized carbons (Fsp3) is 0.348. The smallest absolute Gasteiger partial charge is 0.252 e. The van der Waals surface area contributed by atoms with Gasteiger partial charge in [-0.2, -0.15) is 4.98 Å². The van der Waals surface area contributed by atoms with Gasteiger partial charge in [0.05, 0.1) is 0 Å². The first-order valence-electron chi connectivity index (χ1n) is 10.2. The maximum absolute atomic E-state index is 12.4. The summed E-state index contributed by atoms with van der Waals surface area (Å²) in [5.74, 6) is 0.486. The third-order valence-electron chi connectivity index (χ3n) is 5.25. The Kier molecular flexibility index (Phi) is 5.60. The van der Waals surface area contributed by atoms with Gasteiger partial charge in [0.25, 0.3) is 5.56 Å². The highest BCUT2D eigenvalue weighted by atomic mass is 16.1. The average molecular weight is 390 g/mol. The molecule has 6 nitrogen and oxygen atoms in total. The van der Waals surface area contributed by atoms with E-state index in [0.717, 1.165) is 29.7 Å². The van der Waals surface area contributed by atoms with Crippen LogP contribution in [0.15, 0.2) is 59.0 Å². The number of nitrogens with one attached hydrogen (secondary N) is 1. The van der Waals surface area contributed by atoms with Gasteiger partial charge in [0.1, 0.15) is 5.65 Å². The number of fused-ring (bicyclic) bond motifs is 1. The lowest BCUT2D eigenvalue weighted by Gasteiger charge is -2.28. The van der Waals surface area contributed by atoms with Crippen molar-refractivity contribution in [2.75, 3.05) is 23.3 Å². The number of rotatable bonds is 5. The van der Waals surface area contributed by atoms with Crippen LogP contribution in [0.2, 0.25) is 0 Å². The van der Waals surface area contributed by atoms with Crippen LogP contribution in [-0.2, 0) is 6.54 Å². The first-order valence-corrected chi connectivity index (χ1v) is 10.2. The summed E-state index contributed by atoms with van der Waals surface area (Å²) in [7, 11) is 0. The second-order valence-electron chi connectivity index (χ2n) is 7.76. The monoisotopic (exact) mass is 389 g/mol. The van der Waals surface area contributed by atoms with Crippen LogP contribution in [0.3, 0.4) is 0 Å². The Bertz CT molecular complexity index is 1070. The molecule has 4 rings (SSSR count). The molecule has 0 atom stereocenters. The second-order valence-corrected chi connectivity index (χ2v) is 7.76. The van der Waals surface area contributed by atoms with Crippen LogP contribution in [0.4, 0.5) is 17.3 Å². The molecule has 0 saturated carbocycles. The van der Waals surface area contributed by atoms with Crippen LogP contribution in [0, 0.1) is 0 Å². The minimum absolute atomic E-state index is 0.0643. The molecule has 3 heterocycles. The van der Waals surface area contributed by atoms with E-state index in [1.165, 1.54) is 24.9 Å². The lowest BCUT2D eigenvalue weighted by molar-refractivity contribution is 0.578. The molecule has 6 heteroatoms. The van der Waals surface area contributed by atoms with Crippen molar-refractivity contribution in [3.63, 3.8) is 0 Å². The Hall–Kier alpha value is -3.15. The van der Waals surface area contributed by atoms with Gasteiger partial charge in [0, 0.05) is 48.7 Å². The predicted octanol–water partition coefficient (Wildman–Crippen LogP) is 4.49. The van der Waals surface area contributed by atoms with E-state index >= 15 is 0 Å². The van der Waals surface area contributed by atoms with Gasteiger partial charge in [0.15, 0.2) is 0 Å². The van der Waals surface area contributed by atoms with E-state index in [0.29, 0.717) is 18.1 Å². The van der Waals surface area contributed by atoms with Crippen molar-refractivity contribution in [3.05, 3.63) is 64.6 Å². The number of piperidine rings is 1. The summed E-state index contributed by atoms with van der Waals surface area (Å²) >= 11 is 0. The fourth-order valence-corrected chi connectivity index (χ4v) is 3.62. The summed E-state index contributed by atoms with van der Waals surface area (Å²) in [6.07, 6.45) is 7.63. The van der Waals surface area contributed by atoms with Crippen molar-refractivity contribution in [1.29, 1.82) is 0 Å². The molecule has 0 spiro atoms. The zero-order valence-electron chi connectivity index (χ0n) is 17.1. The molecule has 150 valence electrons. The fourth-order valence-electron chi connectivity index (χ4n) is 3.62. The van der Waals surface area contributed by atoms with Gasteiger partial charge in [-0.15, -0.1) is 0 Å². The van der Waals surface area contributed by atoms with Crippen molar-refractivity contribution in [2.24, 2.45) is 0 Å². The average Bonchev–Trinajstić information content (AvgIpc) is 2.74. The summed E-state index contributed by atoms with van der Waals surface area (Å²) in [4.78, 5) is 23.8. The molecule has 2 aromatic heterocycles. The number of hydrogen-bond acceptors (Lipinski definition) is 5. The SMILES string of the molecule is CC(C)=CCn1c(=O)ccc2cnc(Nc3ccc(N4CCCCC4)cc3)nc21. The van der Waals surface area contributed by atoms with E-state index in [-0.39, 0.29) is 5.56 Å². The Morgan fingerprint density at radius 1 is 1.07 bits per heavy atom. The van der Waals surface area contributed by atoms with Gasteiger partial charge >= 0.3 is 0 Å². The van der Waals surface area contributed by atoms with Crippen LogP contribution in [0.5, 0.6) is 0 Å². The molecule has 0 radical (unpaired) electrons. The van der Waals surface area contributed by atoms with Crippen LogP contribution >= 0.6 is 0 Å². The Morgan fingerprint density at radius 2 is 1.83 bits per heavy atom. The van der Waals surface area contributed by atoms with Crippen LogP contribution in [-0.4, -0.2) is 27.6 Å². The van der Waals surface area contributed by atoms with Gasteiger partial charge < -0.3 is 10.2 Å². The number of nitrogens with zero attached hydrogens (tertiary/aromatic N) is 4. The largest absolute Gasteiger partial charge is 0.372 e. The van der Waals surface area contributed by atoms with E-state index in [1.807, 2.05) is 19.9 Å². The molecule has 0 bridgehead atoms. The summed E-state index contributed by atoms with van der Waals surface area (Å²) < 4.78 is 1.68. The molecular weight excluding hydrogens is 362 g/mol.